The Morgan fingerprint density at radius 1 is 1.27 bits per heavy atom. The third kappa shape index (κ3) is 4.18. The Hall–Kier alpha value is -1.66. The summed E-state index contributed by atoms with van der Waals surface area (Å²) < 4.78 is 16.4. The molecule has 0 amide bonds. The highest BCUT2D eigenvalue weighted by Gasteiger charge is 2.41. The number of carbonyl (C=O) groups is 1. The normalized spacial score (nSPS) is 30.8. The molecule has 0 saturated heterocycles. The summed E-state index contributed by atoms with van der Waals surface area (Å²) in [7, 11) is 3.25. The van der Waals surface area contributed by atoms with Crippen molar-refractivity contribution in [2.75, 3.05) is 21.0 Å². The third-order valence-corrected chi connectivity index (χ3v) is 5.89. The van der Waals surface area contributed by atoms with Crippen LogP contribution in [0.3, 0.4) is 0 Å². The van der Waals surface area contributed by atoms with Crippen LogP contribution in [0.5, 0.6) is 5.88 Å². The van der Waals surface area contributed by atoms with Gasteiger partial charge in [-0.05, 0) is 54.9 Å². The Bertz CT molecular complexity index is 635. The van der Waals surface area contributed by atoms with E-state index in [9.17, 15) is 9.90 Å². The maximum absolute atomic E-state index is 11.5. The van der Waals surface area contributed by atoms with Crippen molar-refractivity contribution in [1.82, 2.24) is 4.98 Å². The Kier molecular flexibility index (Phi) is 6.14. The van der Waals surface area contributed by atoms with Crippen LogP contribution in [0.15, 0.2) is 12.1 Å². The minimum absolute atomic E-state index is 0.0436. The lowest BCUT2D eigenvalue weighted by atomic mass is 9.69. The standard InChI is InChI=1S/C20H29NO5/c1-12-6-13-9-17-15(4-5-19(21-17)25-3)14(10-20(22)23)8-16(13)18(7-12)26-11-24-2/h4-5,12-14,16,18H,6-11H2,1-3H3,(H,22,23)/t12-,13+,14-,16-,18?/m1/s1. The number of hydrogen-bond donors (Lipinski definition) is 1. The van der Waals surface area contributed by atoms with Crippen LogP contribution in [0.1, 0.15) is 49.8 Å². The average molecular weight is 363 g/mol. The molecule has 1 heterocycles. The Morgan fingerprint density at radius 3 is 2.77 bits per heavy atom. The summed E-state index contributed by atoms with van der Waals surface area (Å²) in [5, 5.41) is 9.43. The van der Waals surface area contributed by atoms with Gasteiger partial charge >= 0.3 is 5.97 Å². The van der Waals surface area contributed by atoms with Gasteiger partial charge in [0.05, 0.1) is 19.6 Å². The Labute approximate surface area is 154 Å². The molecule has 0 radical (unpaired) electrons. The van der Waals surface area contributed by atoms with Crippen molar-refractivity contribution in [1.29, 1.82) is 0 Å². The zero-order valence-corrected chi connectivity index (χ0v) is 15.8. The summed E-state index contributed by atoms with van der Waals surface area (Å²) in [4.78, 5) is 16.2. The molecule has 144 valence electrons. The highest BCUT2D eigenvalue weighted by atomic mass is 16.7. The van der Waals surface area contributed by atoms with Crippen molar-refractivity contribution in [3.8, 4) is 5.88 Å². The molecule has 6 nitrogen and oxygen atoms in total. The molecule has 0 spiro atoms. The van der Waals surface area contributed by atoms with E-state index < -0.39 is 5.97 Å². The monoisotopic (exact) mass is 363 g/mol. The van der Waals surface area contributed by atoms with Gasteiger partial charge in [-0.2, -0.15) is 0 Å². The van der Waals surface area contributed by atoms with E-state index >= 15 is 0 Å². The zero-order valence-electron chi connectivity index (χ0n) is 15.8. The van der Waals surface area contributed by atoms with Crippen LogP contribution >= 0.6 is 0 Å². The molecule has 5 atom stereocenters. The third-order valence-electron chi connectivity index (χ3n) is 5.89. The predicted molar refractivity (Wildman–Crippen MR) is 96.2 cm³/mol. The van der Waals surface area contributed by atoms with Gasteiger partial charge in [0.1, 0.15) is 6.79 Å². The van der Waals surface area contributed by atoms with Gasteiger partial charge in [0.2, 0.25) is 5.88 Å². The highest BCUT2D eigenvalue weighted by molar-refractivity contribution is 5.68. The maximum Gasteiger partial charge on any atom is 0.303 e. The molecule has 3 rings (SSSR count). The second-order valence-corrected chi connectivity index (χ2v) is 7.74. The summed E-state index contributed by atoms with van der Waals surface area (Å²) >= 11 is 0. The van der Waals surface area contributed by atoms with E-state index in [0.29, 0.717) is 23.6 Å². The molecule has 2 aliphatic rings. The highest BCUT2D eigenvalue weighted by Crippen LogP contribution is 2.46. The first-order valence-electron chi connectivity index (χ1n) is 9.38. The molecule has 1 unspecified atom stereocenters. The summed E-state index contributed by atoms with van der Waals surface area (Å²) in [6.45, 7) is 2.54. The lowest BCUT2D eigenvalue weighted by Crippen LogP contribution is -2.39. The quantitative estimate of drug-likeness (QED) is 0.782. The summed E-state index contributed by atoms with van der Waals surface area (Å²) in [6.07, 6.45) is 4.02. The number of nitrogens with zero attached hydrogens (tertiary/aromatic N) is 1. The Morgan fingerprint density at radius 2 is 2.08 bits per heavy atom. The van der Waals surface area contributed by atoms with Crippen LogP contribution in [-0.2, 0) is 20.7 Å². The number of ether oxygens (including phenoxy) is 3. The van der Waals surface area contributed by atoms with Crippen LogP contribution in [0.4, 0.5) is 0 Å². The molecule has 1 aromatic rings. The van der Waals surface area contributed by atoms with Gasteiger partial charge in [0.15, 0.2) is 0 Å². The second kappa shape index (κ2) is 8.35. The van der Waals surface area contributed by atoms with E-state index in [-0.39, 0.29) is 25.2 Å². The lowest BCUT2D eigenvalue weighted by Gasteiger charge is -2.40. The van der Waals surface area contributed by atoms with Crippen LogP contribution in [0.2, 0.25) is 0 Å². The van der Waals surface area contributed by atoms with E-state index in [2.05, 4.69) is 11.9 Å². The minimum Gasteiger partial charge on any atom is -0.481 e. The van der Waals surface area contributed by atoms with Gasteiger partial charge in [0, 0.05) is 18.9 Å². The van der Waals surface area contributed by atoms with E-state index in [1.165, 1.54) is 0 Å². The van der Waals surface area contributed by atoms with Gasteiger partial charge in [-0.15, -0.1) is 0 Å². The van der Waals surface area contributed by atoms with Crippen molar-refractivity contribution in [3.63, 3.8) is 0 Å². The average Bonchev–Trinajstić information content (AvgIpc) is 2.75. The fourth-order valence-electron chi connectivity index (χ4n) is 4.84. The second-order valence-electron chi connectivity index (χ2n) is 7.74. The number of aliphatic carboxylic acids is 1. The SMILES string of the molecule is COCOC1C[C@H](C)C[C@H]2Cc3nc(OC)ccc3[C@@H](CC(=O)O)C[C@@H]12. The molecule has 6 heteroatoms. The number of methoxy groups -OCH3 is 2. The number of carboxylic acids is 1. The maximum atomic E-state index is 11.5. The first kappa shape index (κ1) is 19.1. The van der Waals surface area contributed by atoms with Crippen molar-refractivity contribution in [3.05, 3.63) is 23.4 Å². The molecule has 0 aromatic carbocycles. The van der Waals surface area contributed by atoms with E-state index in [1.807, 2.05) is 12.1 Å². The summed E-state index contributed by atoms with van der Waals surface area (Å²) in [6, 6.07) is 3.84. The molecule has 0 aliphatic heterocycles. The number of hydrogen-bond acceptors (Lipinski definition) is 5. The summed E-state index contributed by atoms with van der Waals surface area (Å²) in [5.74, 6) is 1.12. The van der Waals surface area contributed by atoms with E-state index in [0.717, 1.165) is 36.9 Å². The predicted octanol–water partition coefficient (Wildman–Crippen LogP) is 3.25. The van der Waals surface area contributed by atoms with Gasteiger partial charge < -0.3 is 19.3 Å². The lowest BCUT2D eigenvalue weighted by molar-refractivity contribution is -0.138. The van der Waals surface area contributed by atoms with E-state index in [1.54, 1.807) is 14.2 Å². The molecular formula is C20H29NO5. The van der Waals surface area contributed by atoms with Crippen LogP contribution in [0, 0.1) is 17.8 Å². The summed E-state index contributed by atoms with van der Waals surface area (Å²) in [5.41, 5.74) is 2.04. The molecule has 26 heavy (non-hydrogen) atoms. The van der Waals surface area contributed by atoms with Gasteiger partial charge in [-0.1, -0.05) is 13.0 Å². The molecule has 1 fully saturated rings. The Balaban J connectivity index is 1.94. The molecule has 2 aliphatic carbocycles. The minimum atomic E-state index is -0.770. The number of fused-ring (bicyclic) bond motifs is 2. The zero-order chi connectivity index (χ0) is 18.7. The molecule has 1 N–H and O–H groups in total. The molecular weight excluding hydrogens is 334 g/mol. The molecule has 1 aromatic heterocycles. The number of aromatic nitrogens is 1. The van der Waals surface area contributed by atoms with Crippen molar-refractivity contribution >= 4 is 5.97 Å². The topological polar surface area (TPSA) is 77.9 Å². The first-order valence-corrected chi connectivity index (χ1v) is 9.38. The first-order chi connectivity index (χ1) is 12.5. The fourth-order valence-corrected chi connectivity index (χ4v) is 4.84. The van der Waals surface area contributed by atoms with Crippen LogP contribution in [0.25, 0.3) is 0 Å². The van der Waals surface area contributed by atoms with Gasteiger partial charge in [-0.3, -0.25) is 4.79 Å². The van der Waals surface area contributed by atoms with Crippen LogP contribution in [-0.4, -0.2) is 43.2 Å². The van der Waals surface area contributed by atoms with Gasteiger partial charge in [-0.25, -0.2) is 4.98 Å². The number of carboxylic acid groups (broad SMARTS) is 1. The number of pyridine rings is 1. The largest absolute Gasteiger partial charge is 0.481 e. The molecule has 0 bridgehead atoms. The van der Waals surface area contributed by atoms with Gasteiger partial charge in [0.25, 0.3) is 0 Å². The smallest absolute Gasteiger partial charge is 0.303 e. The fraction of sp³-hybridized carbons (Fsp3) is 0.700. The van der Waals surface area contributed by atoms with Crippen molar-refractivity contribution in [2.45, 2.75) is 51.0 Å². The number of rotatable bonds is 6. The van der Waals surface area contributed by atoms with Crippen LogP contribution < -0.4 is 4.74 Å². The molecule has 1 saturated carbocycles. The van der Waals surface area contributed by atoms with Crippen molar-refractivity contribution in [2.24, 2.45) is 17.8 Å². The van der Waals surface area contributed by atoms with E-state index in [4.69, 9.17) is 14.2 Å². The van der Waals surface area contributed by atoms with Crippen molar-refractivity contribution < 1.29 is 24.1 Å².